The van der Waals surface area contributed by atoms with Crippen LogP contribution in [0.2, 0.25) is 0 Å². The smallest absolute Gasteiger partial charge is 0.193 e. The lowest BCUT2D eigenvalue weighted by Gasteiger charge is -2.11. The van der Waals surface area contributed by atoms with Gasteiger partial charge in [0.2, 0.25) is 0 Å². The Morgan fingerprint density at radius 2 is 1.48 bits per heavy atom. The summed E-state index contributed by atoms with van der Waals surface area (Å²) in [4.78, 5) is 12.9. The fraction of sp³-hybridized carbons (Fsp3) is 0.150. The van der Waals surface area contributed by atoms with Gasteiger partial charge in [-0.25, -0.2) is 0 Å². The van der Waals surface area contributed by atoms with Crippen LogP contribution in [0.15, 0.2) is 54.6 Å². The van der Waals surface area contributed by atoms with Gasteiger partial charge in [-0.3, -0.25) is 4.79 Å². The van der Waals surface area contributed by atoms with E-state index < -0.39 is 0 Å². The predicted octanol–water partition coefficient (Wildman–Crippen LogP) is 5.00. The highest BCUT2D eigenvalue weighted by molar-refractivity contribution is 6.17. The molecule has 0 atom stereocenters. The first-order chi connectivity index (χ1) is 10.1. The van der Waals surface area contributed by atoms with Crippen molar-refractivity contribution in [2.75, 3.05) is 0 Å². The van der Waals surface area contributed by atoms with Gasteiger partial charge in [-0.1, -0.05) is 48.5 Å². The summed E-state index contributed by atoms with van der Waals surface area (Å²) in [6.07, 6.45) is 0. The van der Waals surface area contributed by atoms with Gasteiger partial charge in [0.15, 0.2) is 5.78 Å². The lowest BCUT2D eigenvalue weighted by atomic mass is 9.92. The first-order valence-electron chi connectivity index (χ1n) is 7.18. The Balaban J connectivity index is 2.21. The molecule has 104 valence electrons. The molecular formula is C20H18O. The second-order valence-electron chi connectivity index (χ2n) is 5.61. The van der Waals surface area contributed by atoms with Crippen molar-refractivity contribution in [3.8, 4) is 0 Å². The Morgan fingerprint density at radius 3 is 2.24 bits per heavy atom. The summed E-state index contributed by atoms with van der Waals surface area (Å²) in [7, 11) is 0. The van der Waals surface area contributed by atoms with Crippen LogP contribution in [0.5, 0.6) is 0 Å². The Kier molecular flexibility index (Phi) is 3.34. The zero-order valence-electron chi connectivity index (χ0n) is 12.6. The summed E-state index contributed by atoms with van der Waals surface area (Å²) in [5.41, 5.74) is 4.96. The first kappa shape index (κ1) is 13.6. The van der Waals surface area contributed by atoms with Crippen molar-refractivity contribution in [3.05, 3.63) is 82.4 Å². The summed E-state index contributed by atoms with van der Waals surface area (Å²) in [6, 6.07) is 18.1. The van der Waals surface area contributed by atoms with Gasteiger partial charge in [0.25, 0.3) is 0 Å². The molecule has 21 heavy (non-hydrogen) atoms. The molecule has 0 amide bonds. The van der Waals surface area contributed by atoms with Crippen LogP contribution >= 0.6 is 0 Å². The second-order valence-corrected chi connectivity index (χ2v) is 5.61. The van der Waals surface area contributed by atoms with Crippen LogP contribution in [-0.2, 0) is 0 Å². The molecule has 0 aromatic heterocycles. The SMILES string of the molecule is Cc1ccc(C(=O)c2c(C)ccc3ccccc23)cc1C. The lowest BCUT2D eigenvalue weighted by molar-refractivity contribution is 0.103. The third-order valence-corrected chi connectivity index (χ3v) is 4.13. The van der Waals surface area contributed by atoms with Crippen molar-refractivity contribution in [2.45, 2.75) is 20.8 Å². The molecule has 0 N–H and O–H groups in total. The molecule has 1 nitrogen and oxygen atoms in total. The van der Waals surface area contributed by atoms with Crippen molar-refractivity contribution < 1.29 is 4.79 Å². The maximum Gasteiger partial charge on any atom is 0.193 e. The summed E-state index contributed by atoms with van der Waals surface area (Å²) >= 11 is 0. The van der Waals surface area contributed by atoms with Crippen molar-refractivity contribution in [3.63, 3.8) is 0 Å². The Morgan fingerprint density at radius 1 is 0.762 bits per heavy atom. The molecular weight excluding hydrogens is 256 g/mol. The molecule has 0 aliphatic heterocycles. The highest BCUT2D eigenvalue weighted by Gasteiger charge is 2.15. The number of hydrogen-bond donors (Lipinski definition) is 0. The summed E-state index contributed by atoms with van der Waals surface area (Å²) in [5, 5.41) is 2.14. The Hall–Kier alpha value is -2.41. The molecule has 0 saturated heterocycles. The van der Waals surface area contributed by atoms with Gasteiger partial charge in [-0.05, 0) is 54.3 Å². The number of aryl methyl sites for hydroxylation is 3. The number of ketones is 1. The molecule has 3 aromatic rings. The van der Waals surface area contributed by atoms with E-state index in [1.165, 1.54) is 5.56 Å². The minimum atomic E-state index is 0.104. The summed E-state index contributed by atoms with van der Waals surface area (Å²) < 4.78 is 0. The number of benzene rings is 3. The van der Waals surface area contributed by atoms with Gasteiger partial charge in [-0.15, -0.1) is 0 Å². The zero-order valence-corrected chi connectivity index (χ0v) is 12.6. The number of carbonyl (C=O) groups is 1. The van der Waals surface area contributed by atoms with Gasteiger partial charge in [0.05, 0.1) is 0 Å². The van der Waals surface area contributed by atoms with Crippen LogP contribution in [0.4, 0.5) is 0 Å². The van der Waals surface area contributed by atoms with Crippen LogP contribution in [-0.4, -0.2) is 5.78 Å². The quantitative estimate of drug-likeness (QED) is 0.601. The molecule has 0 heterocycles. The van der Waals surface area contributed by atoms with Gasteiger partial charge in [-0.2, -0.15) is 0 Å². The van der Waals surface area contributed by atoms with Crippen molar-refractivity contribution in [2.24, 2.45) is 0 Å². The van der Waals surface area contributed by atoms with E-state index >= 15 is 0 Å². The average molecular weight is 274 g/mol. The zero-order chi connectivity index (χ0) is 15.0. The number of fused-ring (bicyclic) bond motifs is 1. The second kappa shape index (κ2) is 5.17. The number of rotatable bonds is 2. The molecule has 0 unspecified atom stereocenters. The van der Waals surface area contributed by atoms with Crippen LogP contribution in [0, 0.1) is 20.8 Å². The Labute approximate surface area is 125 Å². The first-order valence-corrected chi connectivity index (χ1v) is 7.18. The van der Waals surface area contributed by atoms with Crippen molar-refractivity contribution in [1.82, 2.24) is 0 Å². The van der Waals surface area contributed by atoms with Crippen molar-refractivity contribution >= 4 is 16.6 Å². The van der Waals surface area contributed by atoms with E-state index in [2.05, 4.69) is 13.0 Å². The Bertz CT molecular complexity index is 844. The maximum absolute atomic E-state index is 12.9. The lowest BCUT2D eigenvalue weighted by Crippen LogP contribution is -2.05. The van der Waals surface area contributed by atoms with E-state index in [0.717, 1.165) is 33.0 Å². The van der Waals surface area contributed by atoms with Crippen molar-refractivity contribution in [1.29, 1.82) is 0 Å². The van der Waals surface area contributed by atoms with Crippen LogP contribution < -0.4 is 0 Å². The van der Waals surface area contributed by atoms with Crippen LogP contribution in [0.3, 0.4) is 0 Å². The molecule has 0 aliphatic carbocycles. The van der Waals surface area contributed by atoms with Gasteiger partial charge in [0, 0.05) is 11.1 Å². The van der Waals surface area contributed by atoms with E-state index in [1.807, 2.05) is 62.4 Å². The molecule has 0 aliphatic rings. The monoisotopic (exact) mass is 274 g/mol. The minimum absolute atomic E-state index is 0.104. The topological polar surface area (TPSA) is 17.1 Å². The number of carbonyl (C=O) groups excluding carboxylic acids is 1. The standard InChI is InChI=1S/C20H18O/c1-13-8-11-17(12-15(13)3)20(21)19-14(2)9-10-16-6-4-5-7-18(16)19/h4-12H,1-3H3. The van der Waals surface area contributed by atoms with Crippen LogP contribution in [0.1, 0.15) is 32.6 Å². The molecule has 0 spiro atoms. The highest BCUT2D eigenvalue weighted by Crippen LogP contribution is 2.25. The molecule has 0 bridgehead atoms. The largest absolute Gasteiger partial charge is 0.289 e. The fourth-order valence-corrected chi connectivity index (χ4v) is 2.71. The van der Waals surface area contributed by atoms with E-state index in [9.17, 15) is 4.79 Å². The van der Waals surface area contributed by atoms with E-state index in [-0.39, 0.29) is 5.78 Å². The molecule has 0 saturated carbocycles. The van der Waals surface area contributed by atoms with E-state index in [4.69, 9.17) is 0 Å². The molecule has 3 rings (SSSR count). The summed E-state index contributed by atoms with van der Waals surface area (Å²) in [5.74, 6) is 0.104. The number of hydrogen-bond acceptors (Lipinski definition) is 1. The molecule has 0 radical (unpaired) electrons. The van der Waals surface area contributed by atoms with E-state index in [0.29, 0.717) is 0 Å². The third-order valence-electron chi connectivity index (χ3n) is 4.13. The predicted molar refractivity (Wildman–Crippen MR) is 88.0 cm³/mol. The van der Waals surface area contributed by atoms with Crippen LogP contribution in [0.25, 0.3) is 10.8 Å². The normalized spacial score (nSPS) is 10.8. The maximum atomic E-state index is 12.9. The average Bonchev–Trinajstić information content (AvgIpc) is 2.49. The molecule has 0 fully saturated rings. The van der Waals surface area contributed by atoms with Gasteiger partial charge < -0.3 is 0 Å². The fourth-order valence-electron chi connectivity index (χ4n) is 2.71. The van der Waals surface area contributed by atoms with E-state index in [1.54, 1.807) is 0 Å². The molecule has 1 heteroatoms. The minimum Gasteiger partial charge on any atom is -0.289 e. The van der Waals surface area contributed by atoms with Gasteiger partial charge in [0.1, 0.15) is 0 Å². The third kappa shape index (κ3) is 2.36. The van der Waals surface area contributed by atoms with Gasteiger partial charge >= 0.3 is 0 Å². The molecule has 3 aromatic carbocycles. The summed E-state index contributed by atoms with van der Waals surface area (Å²) in [6.45, 7) is 6.11. The highest BCUT2D eigenvalue weighted by atomic mass is 16.1.